The third-order valence-electron chi connectivity index (χ3n) is 2.97. The van der Waals surface area contributed by atoms with E-state index in [4.69, 9.17) is 15.2 Å². The van der Waals surface area contributed by atoms with Crippen molar-refractivity contribution in [2.75, 3.05) is 13.2 Å². The Morgan fingerprint density at radius 1 is 1.24 bits per heavy atom. The summed E-state index contributed by atoms with van der Waals surface area (Å²) in [5.41, 5.74) is 6.01. The van der Waals surface area contributed by atoms with Crippen LogP contribution in [0.2, 0.25) is 0 Å². The van der Waals surface area contributed by atoms with Crippen molar-refractivity contribution in [3.63, 3.8) is 0 Å². The zero-order valence-corrected chi connectivity index (χ0v) is 10.4. The van der Waals surface area contributed by atoms with Gasteiger partial charge in [-0.3, -0.25) is 0 Å². The standard InChI is InChI=1S/C14H21NO2/c1-2-9-16-13-5-3-4-6-14(13)17-10-12(15)11-7-8-11/h3-6,11-12H,2,7-10,15H2,1H3. The number of hydrogen-bond acceptors (Lipinski definition) is 3. The molecule has 0 amide bonds. The van der Waals surface area contributed by atoms with E-state index in [1.807, 2.05) is 24.3 Å². The first-order valence-corrected chi connectivity index (χ1v) is 6.41. The van der Waals surface area contributed by atoms with Gasteiger partial charge in [-0.05, 0) is 37.3 Å². The fourth-order valence-electron chi connectivity index (χ4n) is 1.75. The maximum Gasteiger partial charge on any atom is 0.161 e. The number of nitrogens with two attached hydrogens (primary N) is 1. The van der Waals surface area contributed by atoms with Crippen LogP contribution in [0.5, 0.6) is 11.5 Å². The highest BCUT2D eigenvalue weighted by atomic mass is 16.5. The van der Waals surface area contributed by atoms with E-state index in [0.717, 1.165) is 24.5 Å². The molecule has 1 aliphatic rings. The molecular formula is C14H21NO2. The van der Waals surface area contributed by atoms with Crippen LogP contribution in [0.15, 0.2) is 24.3 Å². The Labute approximate surface area is 103 Å². The second kappa shape index (κ2) is 5.92. The van der Waals surface area contributed by atoms with Gasteiger partial charge in [0, 0.05) is 6.04 Å². The van der Waals surface area contributed by atoms with Gasteiger partial charge < -0.3 is 15.2 Å². The van der Waals surface area contributed by atoms with Crippen LogP contribution in [-0.2, 0) is 0 Å². The molecule has 3 nitrogen and oxygen atoms in total. The van der Waals surface area contributed by atoms with Gasteiger partial charge in [-0.1, -0.05) is 19.1 Å². The van der Waals surface area contributed by atoms with Gasteiger partial charge in [0.25, 0.3) is 0 Å². The molecule has 2 N–H and O–H groups in total. The molecule has 17 heavy (non-hydrogen) atoms. The summed E-state index contributed by atoms with van der Waals surface area (Å²) in [4.78, 5) is 0. The van der Waals surface area contributed by atoms with Crippen molar-refractivity contribution < 1.29 is 9.47 Å². The number of para-hydroxylation sites is 2. The lowest BCUT2D eigenvalue weighted by atomic mass is 10.2. The third-order valence-corrected chi connectivity index (χ3v) is 2.97. The van der Waals surface area contributed by atoms with E-state index in [2.05, 4.69) is 6.92 Å². The van der Waals surface area contributed by atoms with Gasteiger partial charge in [0.05, 0.1) is 6.61 Å². The molecule has 0 bridgehead atoms. The molecule has 0 radical (unpaired) electrons. The minimum Gasteiger partial charge on any atom is -0.490 e. The zero-order valence-electron chi connectivity index (χ0n) is 10.4. The number of hydrogen-bond donors (Lipinski definition) is 1. The Kier molecular flexibility index (Phi) is 4.26. The van der Waals surface area contributed by atoms with E-state index in [1.54, 1.807) is 0 Å². The highest BCUT2D eigenvalue weighted by molar-refractivity contribution is 5.39. The van der Waals surface area contributed by atoms with Gasteiger partial charge in [0.1, 0.15) is 6.61 Å². The molecular weight excluding hydrogens is 214 g/mol. The van der Waals surface area contributed by atoms with Crippen LogP contribution in [0.3, 0.4) is 0 Å². The summed E-state index contributed by atoms with van der Waals surface area (Å²) in [6.45, 7) is 3.39. The number of ether oxygens (including phenoxy) is 2. The number of benzene rings is 1. The first kappa shape index (κ1) is 12.2. The quantitative estimate of drug-likeness (QED) is 0.790. The van der Waals surface area contributed by atoms with E-state index in [-0.39, 0.29) is 6.04 Å². The lowest BCUT2D eigenvalue weighted by Gasteiger charge is -2.15. The van der Waals surface area contributed by atoms with Gasteiger partial charge in [-0.15, -0.1) is 0 Å². The minimum atomic E-state index is 0.161. The van der Waals surface area contributed by atoms with E-state index >= 15 is 0 Å². The molecule has 1 unspecified atom stereocenters. The van der Waals surface area contributed by atoms with Crippen molar-refractivity contribution in [1.82, 2.24) is 0 Å². The Balaban J connectivity index is 1.89. The predicted molar refractivity (Wildman–Crippen MR) is 68.4 cm³/mol. The van der Waals surface area contributed by atoms with E-state index in [1.165, 1.54) is 12.8 Å². The summed E-state index contributed by atoms with van der Waals surface area (Å²) < 4.78 is 11.4. The highest BCUT2D eigenvalue weighted by Gasteiger charge is 2.28. The van der Waals surface area contributed by atoms with Crippen LogP contribution in [-0.4, -0.2) is 19.3 Å². The molecule has 0 heterocycles. The first-order chi connectivity index (χ1) is 8.31. The van der Waals surface area contributed by atoms with Crippen LogP contribution in [0.25, 0.3) is 0 Å². The van der Waals surface area contributed by atoms with Gasteiger partial charge in [-0.2, -0.15) is 0 Å². The lowest BCUT2D eigenvalue weighted by Crippen LogP contribution is -2.29. The van der Waals surface area contributed by atoms with Crippen LogP contribution in [0, 0.1) is 5.92 Å². The van der Waals surface area contributed by atoms with Crippen LogP contribution in [0.4, 0.5) is 0 Å². The molecule has 94 valence electrons. The Bertz CT molecular complexity index is 350. The second-order valence-corrected chi connectivity index (χ2v) is 4.61. The molecule has 1 fully saturated rings. The predicted octanol–water partition coefficient (Wildman–Crippen LogP) is 2.59. The Morgan fingerprint density at radius 2 is 1.88 bits per heavy atom. The van der Waals surface area contributed by atoms with Crippen molar-refractivity contribution in [1.29, 1.82) is 0 Å². The minimum absolute atomic E-state index is 0.161. The zero-order chi connectivity index (χ0) is 12.1. The monoisotopic (exact) mass is 235 g/mol. The maximum atomic E-state index is 6.01. The fourth-order valence-corrected chi connectivity index (χ4v) is 1.75. The van der Waals surface area contributed by atoms with Crippen molar-refractivity contribution >= 4 is 0 Å². The smallest absolute Gasteiger partial charge is 0.161 e. The van der Waals surface area contributed by atoms with Crippen molar-refractivity contribution in [2.45, 2.75) is 32.2 Å². The number of rotatable bonds is 7. The molecule has 1 aromatic carbocycles. The summed E-state index contributed by atoms with van der Waals surface area (Å²) >= 11 is 0. The van der Waals surface area contributed by atoms with Crippen LogP contribution >= 0.6 is 0 Å². The average molecular weight is 235 g/mol. The summed E-state index contributed by atoms with van der Waals surface area (Å²) in [6, 6.07) is 7.95. The molecule has 0 aromatic heterocycles. The molecule has 3 heteroatoms. The summed E-state index contributed by atoms with van der Waals surface area (Å²) in [7, 11) is 0. The lowest BCUT2D eigenvalue weighted by molar-refractivity contribution is 0.247. The second-order valence-electron chi connectivity index (χ2n) is 4.61. The van der Waals surface area contributed by atoms with Crippen molar-refractivity contribution in [3.8, 4) is 11.5 Å². The molecule has 1 aliphatic carbocycles. The molecule has 1 atom stereocenters. The Hall–Kier alpha value is -1.22. The van der Waals surface area contributed by atoms with E-state index in [9.17, 15) is 0 Å². The molecule has 0 saturated heterocycles. The van der Waals surface area contributed by atoms with Gasteiger partial charge in [0.15, 0.2) is 11.5 Å². The molecule has 0 aliphatic heterocycles. The molecule has 1 saturated carbocycles. The molecule has 1 aromatic rings. The molecule has 0 spiro atoms. The van der Waals surface area contributed by atoms with E-state index in [0.29, 0.717) is 12.5 Å². The van der Waals surface area contributed by atoms with Crippen LogP contribution < -0.4 is 15.2 Å². The normalized spacial score (nSPS) is 16.6. The topological polar surface area (TPSA) is 44.5 Å². The van der Waals surface area contributed by atoms with E-state index < -0.39 is 0 Å². The van der Waals surface area contributed by atoms with Crippen molar-refractivity contribution in [3.05, 3.63) is 24.3 Å². The summed E-state index contributed by atoms with van der Waals surface area (Å²) in [5.74, 6) is 2.29. The summed E-state index contributed by atoms with van der Waals surface area (Å²) in [6.07, 6.45) is 3.49. The van der Waals surface area contributed by atoms with Gasteiger partial charge in [0.2, 0.25) is 0 Å². The SMILES string of the molecule is CCCOc1ccccc1OCC(N)C1CC1. The highest BCUT2D eigenvalue weighted by Crippen LogP contribution is 2.32. The van der Waals surface area contributed by atoms with Gasteiger partial charge >= 0.3 is 0 Å². The van der Waals surface area contributed by atoms with Gasteiger partial charge in [-0.25, -0.2) is 0 Å². The van der Waals surface area contributed by atoms with Crippen molar-refractivity contribution in [2.24, 2.45) is 11.7 Å². The average Bonchev–Trinajstić information content (AvgIpc) is 3.18. The largest absolute Gasteiger partial charge is 0.490 e. The maximum absolute atomic E-state index is 6.01. The first-order valence-electron chi connectivity index (χ1n) is 6.41. The third kappa shape index (κ3) is 3.63. The van der Waals surface area contributed by atoms with Crippen LogP contribution in [0.1, 0.15) is 26.2 Å². The summed E-state index contributed by atoms with van der Waals surface area (Å²) in [5, 5.41) is 0. The molecule has 2 rings (SSSR count). The Morgan fingerprint density at radius 3 is 2.47 bits per heavy atom. The fraction of sp³-hybridized carbons (Fsp3) is 0.571.